The highest BCUT2D eigenvalue weighted by atomic mass is 79.9. The van der Waals surface area contributed by atoms with Gasteiger partial charge in [0.2, 0.25) is 5.95 Å². The summed E-state index contributed by atoms with van der Waals surface area (Å²) in [7, 11) is 1.55. The number of nitrogens with zero attached hydrogens (tertiary/aromatic N) is 3. The number of allylic oxidation sites excluding steroid dienone is 1. The van der Waals surface area contributed by atoms with Gasteiger partial charge in [0.05, 0.1) is 15.9 Å². The molecule has 0 aliphatic rings. The van der Waals surface area contributed by atoms with Gasteiger partial charge in [-0.1, -0.05) is 12.6 Å². The van der Waals surface area contributed by atoms with Crippen molar-refractivity contribution in [1.82, 2.24) is 9.97 Å². The molecule has 8 nitrogen and oxygen atoms in total. The molecule has 180 valence electrons. The minimum absolute atomic E-state index is 0.0871. The molecule has 0 spiro atoms. The number of hydrogen-bond acceptors (Lipinski definition) is 7. The summed E-state index contributed by atoms with van der Waals surface area (Å²) in [6, 6.07) is 7.96. The molecule has 0 fully saturated rings. The van der Waals surface area contributed by atoms with Crippen LogP contribution in [0.1, 0.15) is 0 Å². The minimum atomic E-state index is -1.20. The molecule has 0 saturated heterocycles. The molecule has 3 rings (SSSR count). The number of benzene rings is 2. The number of halogens is 4. The molecule has 5 N–H and O–H groups in total. The predicted molar refractivity (Wildman–Crippen MR) is 134 cm³/mol. The average molecular weight is 546 g/mol. The Hall–Kier alpha value is -4.19. The number of anilines is 4. The van der Waals surface area contributed by atoms with E-state index >= 15 is 0 Å². The maximum Gasteiger partial charge on any atom is 0.283 e. The van der Waals surface area contributed by atoms with Crippen molar-refractivity contribution in [3.63, 3.8) is 0 Å². The number of nitrogens with two attached hydrogens (primary N) is 1. The van der Waals surface area contributed by atoms with Crippen molar-refractivity contribution in [2.45, 2.75) is 0 Å². The van der Waals surface area contributed by atoms with Gasteiger partial charge in [0.25, 0.3) is 5.91 Å². The quantitative estimate of drug-likeness (QED) is 0.226. The second kappa shape index (κ2) is 11.3. The zero-order valence-electron chi connectivity index (χ0n) is 18.2. The SMILES string of the molecule is C=C(F)C(=O)Nc1ccc(F)c(Nc2nc(N/C(C=NC)=C/N)ncc2-c2ccc(Br)c(F)c2)c1. The lowest BCUT2D eigenvalue weighted by atomic mass is 10.1. The van der Waals surface area contributed by atoms with Crippen molar-refractivity contribution in [2.24, 2.45) is 10.7 Å². The molecule has 0 radical (unpaired) electrons. The van der Waals surface area contributed by atoms with Crippen molar-refractivity contribution in [1.29, 1.82) is 0 Å². The molecule has 3 aromatic rings. The number of nitrogens with one attached hydrogen (secondary N) is 3. The second-order valence-corrected chi connectivity index (χ2v) is 7.75. The van der Waals surface area contributed by atoms with Crippen LogP contribution in [0.5, 0.6) is 0 Å². The first kappa shape index (κ1) is 25.4. The average Bonchev–Trinajstić information content (AvgIpc) is 2.83. The van der Waals surface area contributed by atoms with Crippen LogP contribution in [0.3, 0.4) is 0 Å². The Kier molecular flexibility index (Phi) is 8.21. The lowest BCUT2D eigenvalue weighted by Gasteiger charge is -2.15. The third-order valence-electron chi connectivity index (χ3n) is 4.45. The van der Waals surface area contributed by atoms with Gasteiger partial charge < -0.3 is 21.7 Å². The standard InChI is InChI=1S/C23H19BrF3N7O/c1-12(25)22(35)31-14-4-6-18(26)20(8-14)33-21-16(13-3-5-17(24)19(27)7-13)11-30-23(34-21)32-15(9-28)10-29-2/h3-11H,1,28H2,2H3,(H,31,35)(H2,30,32,33,34)/b15-9+,29-10?. The molecule has 1 heterocycles. The Bertz CT molecular complexity index is 1340. The third-order valence-corrected chi connectivity index (χ3v) is 5.09. The molecule has 1 amide bonds. The first-order chi connectivity index (χ1) is 16.7. The fourth-order valence-corrected chi connectivity index (χ4v) is 3.07. The van der Waals surface area contributed by atoms with Gasteiger partial charge in [-0.2, -0.15) is 4.98 Å². The molecular formula is C23H19BrF3N7O. The Morgan fingerprint density at radius 3 is 2.60 bits per heavy atom. The summed E-state index contributed by atoms with van der Waals surface area (Å²) in [5.41, 5.74) is 6.72. The Labute approximate surface area is 207 Å². The molecular weight excluding hydrogens is 527 g/mol. The van der Waals surface area contributed by atoms with Crippen molar-refractivity contribution in [3.8, 4) is 11.1 Å². The smallest absolute Gasteiger partial charge is 0.283 e. The van der Waals surface area contributed by atoms with Crippen LogP contribution in [0.15, 0.2) is 76.4 Å². The Morgan fingerprint density at radius 2 is 1.94 bits per heavy atom. The molecule has 35 heavy (non-hydrogen) atoms. The zero-order chi connectivity index (χ0) is 25.5. The lowest BCUT2D eigenvalue weighted by Crippen LogP contribution is -2.12. The Balaban J connectivity index is 2.06. The van der Waals surface area contributed by atoms with Crippen molar-refractivity contribution in [2.75, 3.05) is 23.0 Å². The van der Waals surface area contributed by atoms with Gasteiger partial charge in [-0.3, -0.25) is 9.79 Å². The van der Waals surface area contributed by atoms with Gasteiger partial charge in [0, 0.05) is 36.9 Å². The van der Waals surface area contributed by atoms with E-state index in [1.165, 1.54) is 42.9 Å². The summed E-state index contributed by atoms with van der Waals surface area (Å²) in [6.07, 6.45) is 4.11. The predicted octanol–water partition coefficient (Wildman–Crippen LogP) is 5.26. The van der Waals surface area contributed by atoms with Crippen molar-refractivity contribution >= 4 is 51.2 Å². The molecule has 0 aliphatic heterocycles. The van der Waals surface area contributed by atoms with Crippen LogP contribution in [0.4, 0.5) is 36.3 Å². The fourth-order valence-electron chi connectivity index (χ4n) is 2.82. The van der Waals surface area contributed by atoms with Crippen LogP contribution in [-0.4, -0.2) is 29.1 Å². The lowest BCUT2D eigenvalue weighted by molar-refractivity contribution is -0.114. The van der Waals surface area contributed by atoms with Gasteiger partial charge >= 0.3 is 0 Å². The van der Waals surface area contributed by atoms with Gasteiger partial charge in [-0.25, -0.2) is 18.2 Å². The van der Waals surface area contributed by atoms with E-state index in [4.69, 9.17) is 5.73 Å². The van der Waals surface area contributed by atoms with Gasteiger partial charge in [0.15, 0.2) is 5.83 Å². The molecule has 0 unspecified atom stereocenters. The monoisotopic (exact) mass is 545 g/mol. The van der Waals surface area contributed by atoms with Gasteiger partial charge in [0.1, 0.15) is 17.5 Å². The summed E-state index contributed by atoms with van der Waals surface area (Å²) < 4.78 is 42.2. The number of amides is 1. The van der Waals surface area contributed by atoms with Gasteiger partial charge in [-0.15, -0.1) is 0 Å². The largest absolute Gasteiger partial charge is 0.403 e. The molecule has 2 aromatic carbocycles. The molecule has 0 atom stereocenters. The van der Waals surface area contributed by atoms with E-state index < -0.39 is 23.4 Å². The summed E-state index contributed by atoms with van der Waals surface area (Å²) in [4.78, 5) is 24.1. The fraction of sp³-hybridized carbons (Fsp3) is 0.0435. The number of carbonyl (C=O) groups is 1. The van der Waals surface area contributed by atoms with Crippen LogP contribution in [0.2, 0.25) is 0 Å². The summed E-state index contributed by atoms with van der Waals surface area (Å²) >= 11 is 3.10. The highest BCUT2D eigenvalue weighted by Crippen LogP contribution is 2.33. The van der Waals surface area contributed by atoms with Crippen molar-refractivity contribution in [3.05, 3.63) is 83.0 Å². The maximum atomic E-state index is 14.6. The number of aliphatic imine (C=N–C) groups is 1. The molecule has 0 saturated carbocycles. The highest BCUT2D eigenvalue weighted by Gasteiger charge is 2.15. The molecule has 0 bridgehead atoms. The van der Waals surface area contributed by atoms with E-state index in [2.05, 4.69) is 53.4 Å². The minimum Gasteiger partial charge on any atom is -0.403 e. The second-order valence-electron chi connectivity index (χ2n) is 6.90. The first-order valence-electron chi connectivity index (χ1n) is 9.87. The van der Waals surface area contributed by atoms with Crippen LogP contribution in [-0.2, 0) is 4.79 Å². The van der Waals surface area contributed by atoms with Crippen LogP contribution >= 0.6 is 15.9 Å². The first-order valence-corrected chi connectivity index (χ1v) is 10.7. The number of carbonyl (C=O) groups excluding carboxylic acids is 1. The Morgan fingerprint density at radius 1 is 1.17 bits per heavy atom. The topological polar surface area (TPSA) is 117 Å². The van der Waals surface area contributed by atoms with Gasteiger partial charge in [-0.05, 0) is 51.8 Å². The molecule has 0 aliphatic carbocycles. The van der Waals surface area contributed by atoms with E-state index in [1.807, 2.05) is 0 Å². The van der Waals surface area contributed by atoms with Crippen molar-refractivity contribution < 1.29 is 18.0 Å². The van der Waals surface area contributed by atoms with E-state index in [0.29, 0.717) is 16.8 Å². The van der Waals surface area contributed by atoms with E-state index in [1.54, 1.807) is 13.1 Å². The van der Waals surface area contributed by atoms with E-state index in [0.717, 1.165) is 6.07 Å². The van der Waals surface area contributed by atoms with Crippen LogP contribution < -0.4 is 21.7 Å². The number of rotatable bonds is 8. The summed E-state index contributed by atoms with van der Waals surface area (Å²) in [5, 5.41) is 7.95. The summed E-state index contributed by atoms with van der Waals surface area (Å²) in [5.74, 6) is -3.29. The van der Waals surface area contributed by atoms with Crippen LogP contribution in [0, 0.1) is 11.6 Å². The maximum absolute atomic E-state index is 14.6. The van der Waals surface area contributed by atoms with Crippen LogP contribution in [0.25, 0.3) is 11.1 Å². The zero-order valence-corrected chi connectivity index (χ0v) is 19.8. The number of hydrogen-bond donors (Lipinski definition) is 4. The highest BCUT2D eigenvalue weighted by molar-refractivity contribution is 9.10. The molecule has 1 aromatic heterocycles. The van der Waals surface area contributed by atoms with E-state index in [-0.39, 0.29) is 27.6 Å². The third kappa shape index (κ3) is 6.44. The normalized spacial score (nSPS) is 11.4. The number of aromatic nitrogens is 2. The molecule has 12 heteroatoms. The summed E-state index contributed by atoms with van der Waals surface area (Å²) in [6.45, 7) is 2.92. The van der Waals surface area contributed by atoms with E-state index in [9.17, 15) is 18.0 Å².